The number of methoxy groups -OCH3 is 1. The Hall–Kier alpha value is -2.02. The van der Waals surface area contributed by atoms with Gasteiger partial charge in [-0.15, -0.1) is 10.2 Å². The van der Waals surface area contributed by atoms with E-state index in [9.17, 15) is 4.79 Å². The number of carbonyl (C=O) groups is 1. The molecule has 1 aromatic heterocycles. The van der Waals surface area contributed by atoms with Crippen LogP contribution in [-0.4, -0.2) is 35.0 Å². The lowest BCUT2D eigenvalue weighted by molar-refractivity contribution is -0.119. The summed E-state index contributed by atoms with van der Waals surface area (Å²) < 4.78 is 10.8. The molecule has 0 bridgehead atoms. The van der Waals surface area contributed by atoms with Crippen LogP contribution < -0.4 is 10.1 Å². The maximum Gasteiger partial charge on any atom is 0.277 e. The molecule has 0 saturated heterocycles. The summed E-state index contributed by atoms with van der Waals surface area (Å²) in [6.45, 7) is 2.22. The van der Waals surface area contributed by atoms with Crippen LogP contribution in [0.3, 0.4) is 0 Å². The van der Waals surface area contributed by atoms with E-state index in [-0.39, 0.29) is 5.91 Å². The molecule has 7 heteroatoms. The Morgan fingerprint density at radius 2 is 2.00 bits per heavy atom. The van der Waals surface area contributed by atoms with Gasteiger partial charge in [0.15, 0.2) is 0 Å². The van der Waals surface area contributed by atoms with Gasteiger partial charge in [0.2, 0.25) is 11.8 Å². The maximum atomic E-state index is 12.2. The van der Waals surface area contributed by atoms with E-state index < -0.39 is 0 Å². The van der Waals surface area contributed by atoms with Crippen LogP contribution in [0.1, 0.15) is 50.5 Å². The summed E-state index contributed by atoms with van der Waals surface area (Å²) in [6, 6.07) is 8.38. The Kier molecular flexibility index (Phi) is 7.77. The molecule has 1 amide bonds. The molecule has 1 heterocycles. The fourth-order valence-corrected chi connectivity index (χ4v) is 4.13. The highest BCUT2D eigenvalue weighted by Gasteiger charge is 2.23. The van der Waals surface area contributed by atoms with Gasteiger partial charge in [0.25, 0.3) is 5.22 Å². The highest BCUT2D eigenvalue weighted by molar-refractivity contribution is 7.99. The van der Waals surface area contributed by atoms with Crippen molar-refractivity contribution in [2.45, 2.75) is 63.1 Å². The van der Waals surface area contributed by atoms with E-state index in [0.717, 1.165) is 31.4 Å². The number of carbonyl (C=O) groups excluding carboxylic acids is 1. The van der Waals surface area contributed by atoms with E-state index in [4.69, 9.17) is 9.15 Å². The van der Waals surface area contributed by atoms with Crippen molar-refractivity contribution in [3.63, 3.8) is 0 Å². The fraction of sp³-hybridized carbons (Fsp3) is 0.571. The minimum absolute atomic E-state index is 0.0444. The van der Waals surface area contributed by atoms with Gasteiger partial charge >= 0.3 is 0 Å². The Morgan fingerprint density at radius 1 is 1.21 bits per heavy atom. The lowest BCUT2D eigenvalue weighted by Crippen LogP contribution is -2.41. The Bertz CT molecular complexity index is 748. The molecule has 3 rings (SSSR count). The third-order valence-corrected chi connectivity index (χ3v) is 6.07. The summed E-state index contributed by atoms with van der Waals surface area (Å²) in [7, 11) is 1.67. The average molecular weight is 404 g/mol. The van der Waals surface area contributed by atoms with Crippen molar-refractivity contribution in [1.82, 2.24) is 15.5 Å². The quantitative estimate of drug-likeness (QED) is 0.637. The number of ether oxygens (including phenoxy) is 1. The van der Waals surface area contributed by atoms with Gasteiger partial charge in [-0.1, -0.05) is 43.7 Å². The summed E-state index contributed by atoms with van der Waals surface area (Å²) in [4.78, 5) is 12.2. The van der Waals surface area contributed by atoms with E-state index in [1.165, 1.54) is 36.6 Å². The largest absolute Gasteiger partial charge is 0.497 e. The summed E-state index contributed by atoms with van der Waals surface area (Å²) in [6.07, 6.45) is 7.34. The predicted molar refractivity (Wildman–Crippen MR) is 110 cm³/mol. The van der Waals surface area contributed by atoms with Gasteiger partial charge < -0.3 is 14.5 Å². The van der Waals surface area contributed by atoms with Crippen LogP contribution >= 0.6 is 11.8 Å². The molecular weight excluding hydrogens is 374 g/mol. The minimum atomic E-state index is 0.0444. The van der Waals surface area contributed by atoms with E-state index in [0.29, 0.717) is 28.8 Å². The van der Waals surface area contributed by atoms with Gasteiger partial charge in [-0.25, -0.2) is 0 Å². The number of hydrogen-bond acceptors (Lipinski definition) is 6. The van der Waals surface area contributed by atoms with E-state index in [2.05, 4.69) is 34.6 Å². The van der Waals surface area contributed by atoms with E-state index in [1.807, 2.05) is 12.1 Å². The van der Waals surface area contributed by atoms with Crippen molar-refractivity contribution in [3.8, 4) is 5.75 Å². The zero-order valence-electron chi connectivity index (χ0n) is 16.6. The first-order chi connectivity index (χ1) is 13.6. The van der Waals surface area contributed by atoms with Crippen LogP contribution in [0.25, 0.3) is 0 Å². The second kappa shape index (κ2) is 10.5. The lowest BCUT2D eigenvalue weighted by atomic mass is 9.86. The summed E-state index contributed by atoms with van der Waals surface area (Å²) in [5, 5.41) is 11.8. The molecular formula is C21H29N3O3S. The zero-order valence-corrected chi connectivity index (χ0v) is 17.5. The fourth-order valence-electron chi connectivity index (χ4n) is 3.54. The van der Waals surface area contributed by atoms with E-state index >= 15 is 0 Å². The zero-order chi connectivity index (χ0) is 19.8. The maximum absolute atomic E-state index is 12.2. The molecule has 2 atom stereocenters. The number of amides is 1. The van der Waals surface area contributed by atoms with Gasteiger partial charge in [-0.05, 0) is 49.3 Å². The first-order valence-electron chi connectivity index (χ1n) is 10.0. The molecule has 0 unspecified atom stereocenters. The molecule has 2 aromatic rings. The molecule has 6 nitrogen and oxygen atoms in total. The van der Waals surface area contributed by atoms with Crippen molar-refractivity contribution in [3.05, 3.63) is 35.7 Å². The van der Waals surface area contributed by atoms with Crippen molar-refractivity contribution in [1.29, 1.82) is 0 Å². The minimum Gasteiger partial charge on any atom is -0.497 e. The first kappa shape index (κ1) is 20.7. The van der Waals surface area contributed by atoms with Gasteiger partial charge in [-0.3, -0.25) is 4.79 Å². The summed E-state index contributed by atoms with van der Waals surface area (Å²) in [5.41, 5.74) is 1.25. The van der Waals surface area contributed by atoms with Gasteiger partial charge in [0, 0.05) is 12.5 Å². The monoisotopic (exact) mass is 403 g/mol. The van der Waals surface area contributed by atoms with Crippen LogP contribution in [0.4, 0.5) is 0 Å². The number of benzene rings is 1. The molecule has 0 radical (unpaired) electrons. The molecule has 152 valence electrons. The van der Waals surface area contributed by atoms with Crippen LogP contribution in [-0.2, 0) is 17.6 Å². The predicted octanol–water partition coefficient (Wildman–Crippen LogP) is 4.04. The number of aromatic nitrogens is 2. The number of thioether (sulfide) groups is 1. The number of nitrogens with zero attached hydrogens (tertiary/aromatic N) is 2. The third kappa shape index (κ3) is 6.26. The van der Waals surface area contributed by atoms with Crippen LogP contribution in [0.15, 0.2) is 33.9 Å². The van der Waals surface area contributed by atoms with Crippen molar-refractivity contribution in [2.24, 2.45) is 5.92 Å². The molecule has 1 fully saturated rings. The number of hydrogen-bond donors (Lipinski definition) is 1. The average Bonchev–Trinajstić information content (AvgIpc) is 3.16. The summed E-state index contributed by atoms with van der Waals surface area (Å²) >= 11 is 1.31. The molecule has 1 N–H and O–H groups in total. The van der Waals surface area contributed by atoms with Crippen molar-refractivity contribution < 1.29 is 13.9 Å². The second-order valence-corrected chi connectivity index (χ2v) is 8.31. The van der Waals surface area contributed by atoms with Gasteiger partial charge in [0.05, 0.1) is 12.9 Å². The molecule has 0 spiro atoms. The summed E-state index contributed by atoms with van der Waals surface area (Å²) in [5.74, 6) is 2.41. The van der Waals surface area contributed by atoms with Gasteiger partial charge in [-0.2, -0.15) is 0 Å². The highest BCUT2D eigenvalue weighted by atomic mass is 32.2. The molecule has 1 saturated carbocycles. The van der Waals surface area contributed by atoms with Crippen LogP contribution in [0.2, 0.25) is 0 Å². The van der Waals surface area contributed by atoms with Crippen LogP contribution in [0.5, 0.6) is 5.75 Å². The highest BCUT2D eigenvalue weighted by Crippen LogP contribution is 2.24. The third-order valence-electron chi connectivity index (χ3n) is 5.25. The molecule has 1 aliphatic rings. The Morgan fingerprint density at radius 3 is 2.75 bits per heavy atom. The topological polar surface area (TPSA) is 77.2 Å². The molecule has 1 aliphatic carbocycles. The van der Waals surface area contributed by atoms with Crippen LogP contribution in [0, 0.1) is 5.92 Å². The number of nitrogens with one attached hydrogen (secondary N) is 1. The van der Waals surface area contributed by atoms with Crippen molar-refractivity contribution in [2.75, 3.05) is 12.9 Å². The standard InChI is InChI=1S/C21H29N3O3S/c1-15-6-3-4-8-18(15)22-19(25)14-28-21-24-23-20(27-21)9-5-7-16-10-12-17(26-2)13-11-16/h10-13,15,18H,3-9,14H2,1-2H3,(H,22,25)/t15-,18+/m0/s1. The Balaban J connectivity index is 1.37. The molecule has 1 aromatic carbocycles. The Labute approximate surface area is 170 Å². The number of aryl methyl sites for hydroxylation is 2. The normalized spacial score (nSPS) is 19.4. The van der Waals surface area contributed by atoms with Gasteiger partial charge in [0.1, 0.15) is 5.75 Å². The van der Waals surface area contributed by atoms with Crippen molar-refractivity contribution >= 4 is 17.7 Å². The molecule has 28 heavy (non-hydrogen) atoms. The van der Waals surface area contributed by atoms with E-state index in [1.54, 1.807) is 7.11 Å². The SMILES string of the molecule is COc1ccc(CCCc2nnc(SCC(=O)N[C@@H]3CCCC[C@@H]3C)o2)cc1. The smallest absolute Gasteiger partial charge is 0.277 e. The first-order valence-corrected chi connectivity index (χ1v) is 11.0. The lowest BCUT2D eigenvalue weighted by Gasteiger charge is -2.29. The second-order valence-electron chi connectivity index (χ2n) is 7.39. The molecule has 0 aliphatic heterocycles. The number of rotatable bonds is 9.